The molecule has 0 spiro atoms. The van der Waals surface area contributed by atoms with Gasteiger partial charge in [-0.2, -0.15) is 0 Å². The predicted molar refractivity (Wildman–Crippen MR) is 67.8 cm³/mol. The molecule has 0 radical (unpaired) electrons. The second-order valence-electron chi connectivity index (χ2n) is 5.24. The lowest BCUT2D eigenvalue weighted by atomic mass is 9.94. The van der Waals surface area contributed by atoms with Crippen molar-refractivity contribution in [1.29, 1.82) is 0 Å². The maximum absolute atomic E-state index is 4.80. The zero-order valence-electron chi connectivity index (χ0n) is 10.6. The van der Waals surface area contributed by atoms with Crippen LogP contribution in [0.15, 0.2) is 18.2 Å². The van der Waals surface area contributed by atoms with Crippen LogP contribution in [0.4, 0.5) is 0 Å². The lowest BCUT2D eigenvalue weighted by Crippen LogP contribution is -2.31. The molecule has 1 unspecified atom stereocenters. The van der Waals surface area contributed by atoms with E-state index in [2.05, 4.69) is 44.0 Å². The van der Waals surface area contributed by atoms with Crippen LogP contribution in [0, 0.1) is 0 Å². The average molecular weight is 218 g/mol. The molecule has 1 aliphatic heterocycles. The van der Waals surface area contributed by atoms with Crippen LogP contribution in [0.5, 0.6) is 0 Å². The third-order valence-electron chi connectivity index (χ3n) is 3.43. The van der Waals surface area contributed by atoms with Crippen LogP contribution in [0.1, 0.15) is 49.9 Å². The molecule has 1 saturated heterocycles. The highest BCUT2D eigenvalue weighted by molar-refractivity contribution is 5.17. The van der Waals surface area contributed by atoms with Gasteiger partial charge in [-0.3, -0.25) is 4.98 Å². The van der Waals surface area contributed by atoms with Crippen molar-refractivity contribution in [3.8, 4) is 0 Å². The van der Waals surface area contributed by atoms with E-state index in [4.69, 9.17) is 4.98 Å². The number of hydrogen-bond acceptors (Lipinski definition) is 2. The van der Waals surface area contributed by atoms with E-state index in [-0.39, 0.29) is 0 Å². The molecule has 1 atom stereocenters. The number of pyridine rings is 1. The number of aromatic nitrogens is 1. The minimum atomic E-state index is 0.529. The van der Waals surface area contributed by atoms with Gasteiger partial charge in [-0.25, -0.2) is 0 Å². The molecule has 1 aromatic heterocycles. The number of hydrogen-bond donors (Lipinski definition) is 0. The first-order valence-electron chi connectivity index (χ1n) is 6.32. The molecule has 1 aromatic rings. The van der Waals surface area contributed by atoms with Gasteiger partial charge in [0.15, 0.2) is 0 Å². The van der Waals surface area contributed by atoms with Gasteiger partial charge in [0.25, 0.3) is 0 Å². The van der Waals surface area contributed by atoms with Crippen LogP contribution < -0.4 is 0 Å². The second-order valence-corrected chi connectivity index (χ2v) is 5.24. The van der Waals surface area contributed by atoms with Gasteiger partial charge in [0.05, 0.1) is 0 Å². The topological polar surface area (TPSA) is 16.1 Å². The lowest BCUT2D eigenvalue weighted by molar-refractivity contribution is 0.248. The summed E-state index contributed by atoms with van der Waals surface area (Å²) in [5.41, 5.74) is 2.52. The van der Waals surface area contributed by atoms with Crippen molar-refractivity contribution in [2.75, 3.05) is 20.1 Å². The van der Waals surface area contributed by atoms with Crippen LogP contribution >= 0.6 is 0 Å². The van der Waals surface area contributed by atoms with E-state index in [1.54, 1.807) is 0 Å². The molecule has 0 bridgehead atoms. The van der Waals surface area contributed by atoms with Gasteiger partial charge in [0.1, 0.15) is 0 Å². The Morgan fingerprint density at radius 1 is 1.38 bits per heavy atom. The Balaban J connectivity index is 2.16. The van der Waals surface area contributed by atoms with E-state index >= 15 is 0 Å². The lowest BCUT2D eigenvalue weighted by Gasteiger charge is -2.29. The summed E-state index contributed by atoms with van der Waals surface area (Å²) < 4.78 is 0. The van der Waals surface area contributed by atoms with Crippen molar-refractivity contribution in [1.82, 2.24) is 9.88 Å². The van der Waals surface area contributed by atoms with E-state index in [0.29, 0.717) is 11.8 Å². The van der Waals surface area contributed by atoms with Crippen LogP contribution in [-0.4, -0.2) is 30.0 Å². The minimum Gasteiger partial charge on any atom is -0.306 e. The summed E-state index contributed by atoms with van der Waals surface area (Å²) in [4.78, 5) is 7.22. The van der Waals surface area contributed by atoms with Crippen LogP contribution in [-0.2, 0) is 0 Å². The fourth-order valence-corrected chi connectivity index (χ4v) is 2.43. The summed E-state index contributed by atoms with van der Waals surface area (Å²) in [6.45, 7) is 6.81. The van der Waals surface area contributed by atoms with Crippen molar-refractivity contribution in [3.63, 3.8) is 0 Å². The van der Waals surface area contributed by atoms with Crippen LogP contribution in [0.25, 0.3) is 0 Å². The van der Waals surface area contributed by atoms with E-state index in [1.807, 2.05) is 0 Å². The highest BCUT2D eigenvalue weighted by Crippen LogP contribution is 2.25. The van der Waals surface area contributed by atoms with Crippen LogP contribution in [0.3, 0.4) is 0 Å². The zero-order chi connectivity index (χ0) is 11.5. The Hall–Kier alpha value is -0.890. The van der Waals surface area contributed by atoms with E-state index in [1.165, 1.54) is 30.8 Å². The summed E-state index contributed by atoms with van der Waals surface area (Å²) in [5, 5.41) is 0. The van der Waals surface area contributed by atoms with Gasteiger partial charge in [0, 0.05) is 23.9 Å². The van der Waals surface area contributed by atoms with Crippen molar-refractivity contribution in [3.05, 3.63) is 29.6 Å². The molecular formula is C14H22N2. The van der Waals surface area contributed by atoms with Gasteiger partial charge in [0.2, 0.25) is 0 Å². The predicted octanol–water partition coefficient (Wildman–Crippen LogP) is 3.01. The van der Waals surface area contributed by atoms with E-state index < -0.39 is 0 Å². The quantitative estimate of drug-likeness (QED) is 0.758. The molecule has 0 aromatic carbocycles. The largest absolute Gasteiger partial charge is 0.306 e. The standard InChI is InChI=1S/C14H22N2/c1-11(2)13-7-4-8-14(15-13)12-6-5-9-16(3)10-12/h4,7-8,11-12H,5-6,9-10H2,1-3H3. The van der Waals surface area contributed by atoms with Gasteiger partial charge in [-0.1, -0.05) is 19.9 Å². The highest BCUT2D eigenvalue weighted by atomic mass is 15.1. The third kappa shape index (κ3) is 2.62. The molecule has 2 heteroatoms. The molecular weight excluding hydrogens is 196 g/mol. The number of nitrogens with zero attached hydrogens (tertiary/aromatic N) is 2. The molecule has 2 heterocycles. The van der Waals surface area contributed by atoms with Gasteiger partial charge >= 0.3 is 0 Å². The van der Waals surface area contributed by atoms with Crippen molar-refractivity contribution < 1.29 is 0 Å². The first kappa shape index (κ1) is 11.6. The zero-order valence-corrected chi connectivity index (χ0v) is 10.6. The summed E-state index contributed by atoms with van der Waals surface area (Å²) in [5.74, 6) is 1.17. The number of piperidine rings is 1. The van der Waals surface area contributed by atoms with Gasteiger partial charge in [-0.05, 0) is 44.5 Å². The molecule has 0 N–H and O–H groups in total. The normalized spacial score (nSPS) is 22.6. The molecule has 1 fully saturated rings. The first-order chi connectivity index (χ1) is 7.66. The van der Waals surface area contributed by atoms with Crippen molar-refractivity contribution >= 4 is 0 Å². The Morgan fingerprint density at radius 2 is 2.19 bits per heavy atom. The van der Waals surface area contributed by atoms with Crippen molar-refractivity contribution in [2.45, 2.75) is 38.5 Å². The maximum Gasteiger partial charge on any atom is 0.0450 e. The molecule has 0 amide bonds. The SMILES string of the molecule is CC(C)c1cccc(C2CCCN(C)C2)n1. The maximum atomic E-state index is 4.80. The van der Waals surface area contributed by atoms with E-state index in [9.17, 15) is 0 Å². The van der Waals surface area contributed by atoms with Gasteiger partial charge in [-0.15, -0.1) is 0 Å². The average Bonchev–Trinajstić information content (AvgIpc) is 2.29. The van der Waals surface area contributed by atoms with Crippen molar-refractivity contribution in [2.24, 2.45) is 0 Å². The third-order valence-corrected chi connectivity index (χ3v) is 3.43. The molecule has 0 aliphatic carbocycles. The number of likely N-dealkylation sites (tertiary alicyclic amines) is 1. The van der Waals surface area contributed by atoms with E-state index in [0.717, 1.165) is 6.54 Å². The summed E-state index contributed by atoms with van der Waals surface area (Å²) in [7, 11) is 2.21. The molecule has 16 heavy (non-hydrogen) atoms. The minimum absolute atomic E-state index is 0.529. The Bertz CT molecular complexity index is 346. The number of rotatable bonds is 2. The highest BCUT2D eigenvalue weighted by Gasteiger charge is 2.20. The Labute approximate surface area is 98.7 Å². The Morgan fingerprint density at radius 3 is 2.88 bits per heavy atom. The first-order valence-corrected chi connectivity index (χ1v) is 6.32. The molecule has 0 saturated carbocycles. The fraction of sp³-hybridized carbons (Fsp3) is 0.643. The summed E-state index contributed by atoms with van der Waals surface area (Å²) >= 11 is 0. The molecule has 2 rings (SSSR count). The van der Waals surface area contributed by atoms with Gasteiger partial charge < -0.3 is 4.90 Å². The number of likely N-dealkylation sites (N-methyl/N-ethyl adjacent to an activating group) is 1. The second kappa shape index (κ2) is 4.96. The fourth-order valence-electron chi connectivity index (χ4n) is 2.43. The Kier molecular flexibility index (Phi) is 3.59. The molecule has 1 aliphatic rings. The smallest absolute Gasteiger partial charge is 0.0450 e. The molecule has 88 valence electrons. The summed E-state index contributed by atoms with van der Waals surface area (Å²) in [6.07, 6.45) is 2.59. The monoisotopic (exact) mass is 218 g/mol. The molecule has 2 nitrogen and oxygen atoms in total. The van der Waals surface area contributed by atoms with Crippen LogP contribution in [0.2, 0.25) is 0 Å². The summed E-state index contributed by atoms with van der Waals surface area (Å²) in [6, 6.07) is 6.49.